The van der Waals surface area contributed by atoms with Crippen molar-refractivity contribution in [3.8, 4) is 0 Å². The van der Waals surface area contributed by atoms with Gasteiger partial charge in [0.2, 0.25) is 0 Å². The highest BCUT2D eigenvalue weighted by atomic mass is 14.1. The van der Waals surface area contributed by atoms with Crippen LogP contribution in [0.25, 0.3) is 0 Å². The normalized spacial score (nSPS) is 12.6. The van der Waals surface area contributed by atoms with E-state index >= 15 is 0 Å². The van der Waals surface area contributed by atoms with Gasteiger partial charge in [0.1, 0.15) is 0 Å². The maximum Gasteiger partial charge on any atom is -0.0417 e. The first-order valence-corrected chi connectivity index (χ1v) is 12.8. The molecule has 0 heteroatoms. The van der Waals surface area contributed by atoms with Gasteiger partial charge in [0.05, 0.1) is 0 Å². The number of rotatable bonds is 22. The molecule has 0 nitrogen and oxygen atoms in total. The van der Waals surface area contributed by atoms with Crippen LogP contribution in [0.3, 0.4) is 0 Å². The van der Waals surface area contributed by atoms with E-state index in [0.29, 0.717) is 0 Å². The Morgan fingerprint density at radius 3 is 0.885 bits per heavy atom. The summed E-state index contributed by atoms with van der Waals surface area (Å²) in [4.78, 5) is 0. The lowest BCUT2D eigenvalue weighted by atomic mass is 9.92. The van der Waals surface area contributed by atoms with E-state index in [1.807, 2.05) is 0 Å². The predicted octanol–water partition coefficient (Wildman–Crippen LogP) is 10.2. The molecule has 26 heavy (non-hydrogen) atoms. The van der Waals surface area contributed by atoms with Crippen LogP contribution >= 0.6 is 0 Å². The Morgan fingerprint density at radius 1 is 0.346 bits per heavy atom. The first-order chi connectivity index (χ1) is 12.8. The van der Waals surface area contributed by atoms with E-state index in [1.165, 1.54) is 141 Å². The second-order valence-electron chi connectivity index (χ2n) is 8.86. The first kappa shape index (κ1) is 26.0. The molecule has 0 radical (unpaired) electrons. The largest absolute Gasteiger partial charge is 0.0654 e. The van der Waals surface area contributed by atoms with Gasteiger partial charge in [-0.2, -0.15) is 0 Å². The predicted molar refractivity (Wildman–Crippen MR) is 122 cm³/mol. The fraction of sp³-hybridized carbons (Fsp3) is 1.00. The van der Waals surface area contributed by atoms with Crippen molar-refractivity contribution < 1.29 is 0 Å². The molecule has 0 aliphatic rings. The summed E-state index contributed by atoms with van der Waals surface area (Å²) in [6, 6.07) is 0. The Kier molecular flexibility index (Phi) is 23.0. The zero-order valence-corrected chi connectivity index (χ0v) is 19.1. The Morgan fingerprint density at radius 2 is 0.615 bits per heavy atom. The zero-order valence-electron chi connectivity index (χ0n) is 19.1. The maximum atomic E-state index is 2.41. The van der Waals surface area contributed by atoms with Crippen molar-refractivity contribution in [2.75, 3.05) is 0 Å². The van der Waals surface area contributed by atoms with E-state index in [-0.39, 0.29) is 0 Å². The van der Waals surface area contributed by atoms with Gasteiger partial charge in [-0.15, -0.1) is 0 Å². The molecule has 158 valence electrons. The van der Waals surface area contributed by atoms with Gasteiger partial charge in [-0.05, 0) is 5.92 Å². The van der Waals surface area contributed by atoms with E-state index in [0.717, 1.165) is 5.92 Å². The zero-order chi connectivity index (χ0) is 19.1. The van der Waals surface area contributed by atoms with Crippen molar-refractivity contribution in [2.24, 2.45) is 5.92 Å². The monoisotopic (exact) mass is 366 g/mol. The molecule has 1 atom stereocenters. The van der Waals surface area contributed by atoms with Crippen molar-refractivity contribution in [3.05, 3.63) is 0 Å². The number of hydrogen-bond acceptors (Lipinski definition) is 0. The summed E-state index contributed by atoms with van der Waals surface area (Å²) >= 11 is 0. The SMILES string of the molecule is CCCCCCCCCCCCC(CC)CCCCCCCCCCC. The fourth-order valence-corrected chi connectivity index (χ4v) is 4.22. The highest BCUT2D eigenvalue weighted by Gasteiger charge is 2.05. The van der Waals surface area contributed by atoms with E-state index < -0.39 is 0 Å². The summed E-state index contributed by atoms with van der Waals surface area (Å²) < 4.78 is 0. The fourth-order valence-electron chi connectivity index (χ4n) is 4.22. The summed E-state index contributed by atoms with van der Waals surface area (Å²) in [5.74, 6) is 1.02. The molecule has 0 rings (SSSR count). The lowest BCUT2D eigenvalue weighted by molar-refractivity contribution is 0.392. The number of unbranched alkanes of at least 4 members (excludes halogenated alkanes) is 17. The van der Waals surface area contributed by atoms with Gasteiger partial charge in [-0.1, -0.05) is 162 Å². The molecule has 0 saturated carbocycles. The van der Waals surface area contributed by atoms with Gasteiger partial charge in [0, 0.05) is 0 Å². The third-order valence-corrected chi connectivity index (χ3v) is 6.26. The van der Waals surface area contributed by atoms with Gasteiger partial charge >= 0.3 is 0 Å². The van der Waals surface area contributed by atoms with Gasteiger partial charge < -0.3 is 0 Å². The molecular weight excluding hydrogens is 312 g/mol. The Bertz CT molecular complexity index is 232. The second kappa shape index (κ2) is 23.0. The molecule has 0 amide bonds. The van der Waals surface area contributed by atoms with Crippen LogP contribution < -0.4 is 0 Å². The van der Waals surface area contributed by atoms with Gasteiger partial charge in [0.25, 0.3) is 0 Å². The van der Waals surface area contributed by atoms with E-state index in [4.69, 9.17) is 0 Å². The van der Waals surface area contributed by atoms with Crippen LogP contribution in [0.4, 0.5) is 0 Å². The molecule has 0 aromatic heterocycles. The molecular formula is C26H54. The van der Waals surface area contributed by atoms with Crippen LogP contribution in [0.15, 0.2) is 0 Å². The molecule has 0 N–H and O–H groups in total. The topological polar surface area (TPSA) is 0 Å². The Balaban J connectivity index is 3.28. The van der Waals surface area contributed by atoms with E-state index in [1.54, 1.807) is 0 Å². The smallest absolute Gasteiger partial charge is 0.0417 e. The molecule has 0 aliphatic carbocycles. The summed E-state index contributed by atoms with van der Waals surface area (Å²) in [6.45, 7) is 7.02. The first-order valence-electron chi connectivity index (χ1n) is 12.8. The highest BCUT2D eigenvalue weighted by Crippen LogP contribution is 2.22. The molecule has 0 spiro atoms. The molecule has 1 unspecified atom stereocenters. The molecule has 0 aliphatic heterocycles. The van der Waals surface area contributed by atoms with Crippen molar-refractivity contribution in [3.63, 3.8) is 0 Å². The lowest BCUT2D eigenvalue weighted by Gasteiger charge is -2.14. The third-order valence-electron chi connectivity index (χ3n) is 6.26. The Hall–Kier alpha value is 0. The molecule has 0 saturated heterocycles. The second-order valence-corrected chi connectivity index (χ2v) is 8.86. The summed E-state index contributed by atoms with van der Waals surface area (Å²) in [5.41, 5.74) is 0. The summed E-state index contributed by atoms with van der Waals surface area (Å²) in [5, 5.41) is 0. The van der Waals surface area contributed by atoms with Gasteiger partial charge in [-0.3, -0.25) is 0 Å². The quantitative estimate of drug-likeness (QED) is 0.167. The van der Waals surface area contributed by atoms with Crippen LogP contribution in [-0.4, -0.2) is 0 Å². The van der Waals surface area contributed by atoms with Crippen molar-refractivity contribution in [1.29, 1.82) is 0 Å². The number of hydrogen-bond donors (Lipinski definition) is 0. The van der Waals surface area contributed by atoms with Crippen molar-refractivity contribution in [1.82, 2.24) is 0 Å². The maximum absolute atomic E-state index is 2.41. The van der Waals surface area contributed by atoms with Crippen LogP contribution in [0.1, 0.15) is 162 Å². The lowest BCUT2D eigenvalue weighted by Crippen LogP contribution is -1.99. The standard InChI is InChI=1S/C26H54/c1-4-7-9-11-13-15-17-19-21-23-25-26(6-3)24-22-20-18-16-14-12-10-8-5-2/h26H,4-25H2,1-3H3. The highest BCUT2D eigenvalue weighted by molar-refractivity contribution is 4.59. The Labute approximate surface area is 168 Å². The van der Waals surface area contributed by atoms with Crippen LogP contribution in [0.2, 0.25) is 0 Å². The van der Waals surface area contributed by atoms with Crippen LogP contribution in [0, 0.1) is 5.92 Å². The molecule has 0 bridgehead atoms. The minimum Gasteiger partial charge on any atom is -0.0654 e. The summed E-state index contributed by atoms with van der Waals surface area (Å²) in [7, 11) is 0. The molecule has 0 aromatic carbocycles. The van der Waals surface area contributed by atoms with Crippen molar-refractivity contribution >= 4 is 0 Å². The van der Waals surface area contributed by atoms with Crippen LogP contribution in [-0.2, 0) is 0 Å². The minimum atomic E-state index is 1.02. The van der Waals surface area contributed by atoms with Crippen LogP contribution in [0.5, 0.6) is 0 Å². The average molecular weight is 367 g/mol. The van der Waals surface area contributed by atoms with Gasteiger partial charge in [-0.25, -0.2) is 0 Å². The molecule has 0 heterocycles. The molecule has 0 fully saturated rings. The van der Waals surface area contributed by atoms with E-state index in [2.05, 4.69) is 20.8 Å². The molecule has 0 aromatic rings. The summed E-state index contributed by atoms with van der Waals surface area (Å²) in [6.07, 6.45) is 32.3. The van der Waals surface area contributed by atoms with Gasteiger partial charge in [0.15, 0.2) is 0 Å². The van der Waals surface area contributed by atoms with E-state index in [9.17, 15) is 0 Å². The average Bonchev–Trinajstić information content (AvgIpc) is 2.66. The van der Waals surface area contributed by atoms with Crippen molar-refractivity contribution in [2.45, 2.75) is 162 Å². The third kappa shape index (κ3) is 20.3. The minimum absolute atomic E-state index is 1.02.